The van der Waals surface area contributed by atoms with E-state index in [0.29, 0.717) is 5.75 Å². The van der Waals surface area contributed by atoms with E-state index in [-0.39, 0.29) is 5.56 Å². The Morgan fingerprint density at radius 1 is 1.32 bits per heavy atom. The van der Waals surface area contributed by atoms with Crippen molar-refractivity contribution in [1.82, 2.24) is 4.90 Å². The third-order valence-corrected chi connectivity index (χ3v) is 3.66. The highest BCUT2D eigenvalue weighted by atomic mass is 19.4. The minimum atomic E-state index is -4.66. The van der Waals surface area contributed by atoms with Crippen molar-refractivity contribution >= 4 is 11.9 Å². The van der Waals surface area contributed by atoms with Gasteiger partial charge in [0.25, 0.3) is 5.91 Å². The van der Waals surface area contributed by atoms with Gasteiger partial charge < -0.3 is 14.7 Å². The van der Waals surface area contributed by atoms with Crippen LogP contribution in [0.15, 0.2) is 24.3 Å². The van der Waals surface area contributed by atoms with Gasteiger partial charge in [-0.1, -0.05) is 6.07 Å². The Morgan fingerprint density at radius 3 is 2.50 bits per heavy atom. The van der Waals surface area contributed by atoms with Crippen molar-refractivity contribution in [2.45, 2.75) is 6.18 Å². The van der Waals surface area contributed by atoms with Crippen molar-refractivity contribution in [1.29, 1.82) is 0 Å². The second-order valence-electron chi connectivity index (χ2n) is 5.03. The van der Waals surface area contributed by atoms with Crippen LogP contribution in [0.4, 0.5) is 13.2 Å². The molecule has 1 N–H and O–H groups in total. The average Bonchev–Trinajstić information content (AvgIpc) is 2.92. The summed E-state index contributed by atoms with van der Waals surface area (Å²) in [5.74, 6) is -5.50. The number of likely N-dealkylation sites (tertiary alicyclic amines) is 1. The molecule has 22 heavy (non-hydrogen) atoms. The predicted molar refractivity (Wildman–Crippen MR) is 69.6 cm³/mol. The lowest BCUT2D eigenvalue weighted by Gasteiger charge is -2.18. The van der Waals surface area contributed by atoms with E-state index in [1.165, 1.54) is 25.3 Å². The number of carbonyl (C=O) groups excluding carboxylic acids is 1. The molecular weight excluding hydrogens is 303 g/mol. The fourth-order valence-electron chi connectivity index (χ4n) is 2.49. The minimum absolute atomic E-state index is 0.159. The average molecular weight is 317 g/mol. The molecule has 120 valence electrons. The number of nitrogens with zero attached hydrogens (tertiary/aromatic N) is 1. The molecule has 2 atom stereocenters. The number of benzene rings is 1. The largest absolute Gasteiger partial charge is 0.497 e. The smallest absolute Gasteiger partial charge is 0.394 e. The maximum Gasteiger partial charge on any atom is 0.394 e. The van der Waals surface area contributed by atoms with Crippen LogP contribution in [0.2, 0.25) is 0 Å². The molecule has 0 aliphatic carbocycles. The zero-order valence-electron chi connectivity index (χ0n) is 11.6. The second-order valence-corrected chi connectivity index (χ2v) is 5.03. The molecule has 0 bridgehead atoms. The minimum Gasteiger partial charge on any atom is -0.497 e. The highest BCUT2D eigenvalue weighted by Gasteiger charge is 2.53. The second kappa shape index (κ2) is 5.86. The van der Waals surface area contributed by atoms with Crippen molar-refractivity contribution in [3.8, 4) is 5.75 Å². The van der Waals surface area contributed by atoms with Crippen LogP contribution in [0.5, 0.6) is 5.75 Å². The molecule has 1 aromatic rings. The molecule has 1 saturated heterocycles. The van der Waals surface area contributed by atoms with E-state index in [1.807, 2.05) is 0 Å². The van der Waals surface area contributed by atoms with E-state index in [1.54, 1.807) is 6.07 Å². The first kappa shape index (κ1) is 16.1. The van der Waals surface area contributed by atoms with Crippen molar-refractivity contribution in [3.63, 3.8) is 0 Å². The number of carbonyl (C=O) groups is 2. The third kappa shape index (κ3) is 3.15. The van der Waals surface area contributed by atoms with E-state index in [9.17, 15) is 22.8 Å². The van der Waals surface area contributed by atoms with Gasteiger partial charge in [0, 0.05) is 18.7 Å². The zero-order valence-corrected chi connectivity index (χ0v) is 11.6. The van der Waals surface area contributed by atoms with Gasteiger partial charge >= 0.3 is 12.1 Å². The van der Waals surface area contributed by atoms with Crippen LogP contribution in [-0.4, -0.2) is 48.3 Å². The fraction of sp³-hybridized carbons (Fsp3) is 0.429. The topological polar surface area (TPSA) is 66.8 Å². The van der Waals surface area contributed by atoms with E-state index in [2.05, 4.69) is 0 Å². The normalized spacial score (nSPS) is 21.7. The molecular formula is C14H14F3NO4. The zero-order chi connectivity index (χ0) is 16.5. The number of carboxylic acids is 1. The van der Waals surface area contributed by atoms with Gasteiger partial charge in [-0.25, -0.2) is 0 Å². The van der Waals surface area contributed by atoms with E-state index < -0.39 is 43.0 Å². The van der Waals surface area contributed by atoms with Crippen molar-refractivity contribution in [2.24, 2.45) is 11.8 Å². The monoisotopic (exact) mass is 317 g/mol. The van der Waals surface area contributed by atoms with Gasteiger partial charge in [0.15, 0.2) is 0 Å². The van der Waals surface area contributed by atoms with Gasteiger partial charge in [0.2, 0.25) is 0 Å². The molecule has 1 aliphatic heterocycles. The Bertz CT molecular complexity index is 588. The molecule has 0 unspecified atom stereocenters. The van der Waals surface area contributed by atoms with Gasteiger partial charge in [0.05, 0.1) is 18.9 Å². The lowest BCUT2D eigenvalue weighted by molar-refractivity contribution is -0.187. The number of carboxylic acid groups (broad SMARTS) is 1. The first-order chi connectivity index (χ1) is 10.2. The summed E-state index contributed by atoms with van der Waals surface area (Å²) in [6, 6.07) is 5.98. The molecule has 0 aromatic heterocycles. The van der Waals surface area contributed by atoms with Gasteiger partial charge in [-0.05, 0) is 18.2 Å². The molecule has 1 aromatic carbocycles. The van der Waals surface area contributed by atoms with Gasteiger partial charge in [-0.2, -0.15) is 13.2 Å². The van der Waals surface area contributed by atoms with E-state index in [4.69, 9.17) is 9.84 Å². The summed E-state index contributed by atoms with van der Waals surface area (Å²) in [5.41, 5.74) is 0.159. The maximum atomic E-state index is 12.9. The first-order valence-corrected chi connectivity index (χ1v) is 6.47. The highest BCUT2D eigenvalue weighted by Crippen LogP contribution is 2.38. The fourth-order valence-corrected chi connectivity index (χ4v) is 2.49. The Morgan fingerprint density at radius 2 is 2.00 bits per heavy atom. The lowest BCUT2D eigenvalue weighted by atomic mass is 9.96. The van der Waals surface area contributed by atoms with Crippen LogP contribution < -0.4 is 4.74 Å². The Balaban J connectivity index is 2.22. The van der Waals surface area contributed by atoms with Crippen LogP contribution in [0.25, 0.3) is 0 Å². The van der Waals surface area contributed by atoms with Crippen molar-refractivity contribution < 1.29 is 32.6 Å². The quantitative estimate of drug-likeness (QED) is 0.926. The number of aliphatic carboxylic acids is 1. The maximum absolute atomic E-state index is 12.9. The van der Waals surface area contributed by atoms with E-state index >= 15 is 0 Å². The molecule has 0 radical (unpaired) electrons. The molecule has 1 amide bonds. The summed E-state index contributed by atoms with van der Waals surface area (Å²) in [4.78, 5) is 24.2. The van der Waals surface area contributed by atoms with Crippen LogP contribution in [0, 0.1) is 11.8 Å². The van der Waals surface area contributed by atoms with Crippen LogP contribution in [0.3, 0.4) is 0 Å². The molecule has 5 nitrogen and oxygen atoms in total. The summed E-state index contributed by atoms with van der Waals surface area (Å²) < 4.78 is 43.7. The SMILES string of the molecule is COc1cccc(C(=O)N2C[C@@H](C(F)(F)F)[C@H](C(=O)O)C2)c1. The van der Waals surface area contributed by atoms with Crippen LogP contribution >= 0.6 is 0 Å². The Labute approximate surface area is 124 Å². The predicted octanol–water partition coefficient (Wildman–Crippen LogP) is 2.03. The number of rotatable bonds is 3. The van der Waals surface area contributed by atoms with Gasteiger partial charge in [-0.15, -0.1) is 0 Å². The van der Waals surface area contributed by atoms with Gasteiger partial charge in [-0.3, -0.25) is 9.59 Å². The number of halogens is 3. The molecule has 1 fully saturated rings. The number of ether oxygens (including phenoxy) is 1. The third-order valence-electron chi connectivity index (χ3n) is 3.66. The summed E-state index contributed by atoms with van der Waals surface area (Å²) in [6.07, 6.45) is -4.66. The Hall–Kier alpha value is -2.25. The summed E-state index contributed by atoms with van der Waals surface area (Å²) >= 11 is 0. The number of methoxy groups -OCH3 is 1. The number of hydrogen-bond donors (Lipinski definition) is 1. The van der Waals surface area contributed by atoms with Gasteiger partial charge in [0.1, 0.15) is 5.75 Å². The molecule has 2 rings (SSSR count). The lowest BCUT2D eigenvalue weighted by Crippen LogP contribution is -2.34. The van der Waals surface area contributed by atoms with Crippen LogP contribution in [-0.2, 0) is 4.79 Å². The van der Waals surface area contributed by atoms with Crippen LogP contribution in [0.1, 0.15) is 10.4 Å². The summed E-state index contributed by atoms with van der Waals surface area (Å²) in [7, 11) is 1.40. The standard InChI is InChI=1S/C14H14F3NO4/c1-22-9-4-2-3-8(5-9)12(19)18-6-10(13(20)21)11(7-18)14(15,16)17/h2-5,10-11H,6-7H2,1H3,(H,20,21)/t10-,11-/m1/s1. The number of amides is 1. The molecule has 1 heterocycles. The van der Waals surface area contributed by atoms with Crippen molar-refractivity contribution in [2.75, 3.05) is 20.2 Å². The summed E-state index contributed by atoms with van der Waals surface area (Å²) in [6.45, 7) is -1.12. The first-order valence-electron chi connectivity index (χ1n) is 6.47. The highest BCUT2D eigenvalue weighted by molar-refractivity contribution is 5.95. The molecule has 0 saturated carbocycles. The molecule has 0 spiro atoms. The Kier molecular flexibility index (Phi) is 4.30. The van der Waals surface area contributed by atoms with E-state index in [0.717, 1.165) is 4.90 Å². The van der Waals surface area contributed by atoms with Crippen molar-refractivity contribution in [3.05, 3.63) is 29.8 Å². The molecule has 8 heteroatoms. The summed E-state index contributed by atoms with van der Waals surface area (Å²) in [5, 5.41) is 8.94. The molecule has 1 aliphatic rings. The number of hydrogen-bond acceptors (Lipinski definition) is 3. The number of alkyl halides is 3.